The van der Waals surface area contributed by atoms with Crippen molar-refractivity contribution in [2.24, 2.45) is 0 Å². The Kier molecular flexibility index (Phi) is 2.88. The molecule has 3 nitrogen and oxygen atoms in total. The number of hydrogen-bond acceptors (Lipinski definition) is 3. The first kappa shape index (κ1) is 12.0. The van der Waals surface area contributed by atoms with Gasteiger partial charge in [0.25, 0.3) is 0 Å². The molecule has 0 amide bonds. The summed E-state index contributed by atoms with van der Waals surface area (Å²) in [7, 11) is 0. The van der Waals surface area contributed by atoms with Gasteiger partial charge in [0.05, 0.1) is 6.61 Å². The topological polar surface area (TPSA) is 35.5 Å². The lowest BCUT2D eigenvalue weighted by Crippen LogP contribution is -2.35. The zero-order chi connectivity index (χ0) is 13.3. The van der Waals surface area contributed by atoms with Gasteiger partial charge >= 0.3 is 5.97 Å². The lowest BCUT2D eigenvalue weighted by molar-refractivity contribution is -0.201. The molecule has 0 saturated carbocycles. The van der Waals surface area contributed by atoms with E-state index < -0.39 is 5.79 Å². The van der Waals surface area contributed by atoms with E-state index in [1.165, 1.54) is 0 Å². The molecule has 0 spiro atoms. The van der Waals surface area contributed by atoms with Crippen LogP contribution in [0.1, 0.15) is 25.3 Å². The highest BCUT2D eigenvalue weighted by Crippen LogP contribution is 2.39. The van der Waals surface area contributed by atoms with E-state index in [2.05, 4.69) is 11.8 Å². The van der Waals surface area contributed by atoms with Crippen LogP contribution in [0.2, 0.25) is 0 Å². The van der Waals surface area contributed by atoms with Gasteiger partial charge in [0.2, 0.25) is 5.79 Å². The molecule has 0 aromatic heterocycles. The van der Waals surface area contributed by atoms with E-state index in [1.54, 1.807) is 6.92 Å². The molecule has 1 unspecified atom stereocenters. The van der Waals surface area contributed by atoms with Crippen LogP contribution in [0.3, 0.4) is 0 Å². The van der Waals surface area contributed by atoms with Crippen LogP contribution in [-0.4, -0.2) is 18.4 Å². The van der Waals surface area contributed by atoms with Gasteiger partial charge in [-0.1, -0.05) is 30.0 Å². The first-order valence-corrected chi connectivity index (χ1v) is 6.37. The van der Waals surface area contributed by atoms with Crippen LogP contribution in [0.25, 0.3) is 0 Å². The Morgan fingerprint density at radius 2 is 2.00 bits per heavy atom. The van der Waals surface area contributed by atoms with Crippen molar-refractivity contribution in [3.8, 4) is 11.8 Å². The second-order valence-electron chi connectivity index (χ2n) is 4.76. The van der Waals surface area contributed by atoms with E-state index in [1.807, 2.05) is 30.3 Å². The fourth-order valence-electron chi connectivity index (χ4n) is 2.41. The van der Waals surface area contributed by atoms with Gasteiger partial charge in [0.1, 0.15) is 5.57 Å². The number of ether oxygens (including phenoxy) is 2. The Morgan fingerprint density at radius 3 is 2.79 bits per heavy atom. The van der Waals surface area contributed by atoms with Gasteiger partial charge in [-0.3, -0.25) is 0 Å². The number of carbonyl (C=O) groups is 1. The van der Waals surface area contributed by atoms with E-state index in [4.69, 9.17) is 9.47 Å². The highest BCUT2D eigenvalue weighted by Gasteiger charge is 2.46. The number of benzene rings is 1. The predicted molar refractivity (Wildman–Crippen MR) is 70.0 cm³/mol. The Bertz CT molecular complexity index is 604. The summed E-state index contributed by atoms with van der Waals surface area (Å²) < 4.78 is 10.9. The molecule has 2 heterocycles. The number of esters is 1. The summed E-state index contributed by atoms with van der Waals surface area (Å²) in [6.07, 6.45) is 1.71. The number of rotatable bonds is 0. The molecule has 1 fully saturated rings. The normalized spacial score (nSPS) is 25.4. The maximum absolute atomic E-state index is 11.9. The van der Waals surface area contributed by atoms with Crippen molar-refractivity contribution in [3.05, 3.63) is 47.0 Å². The van der Waals surface area contributed by atoms with Crippen molar-refractivity contribution < 1.29 is 14.3 Å². The summed E-state index contributed by atoms with van der Waals surface area (Å²) in [6, 6.07) is 9.60. The number of carbonyl (C=O) groups excluding carboxylic acids is 1. The van der Waals surface area contributed by atoms with Crippen molar-refractivity contribution >= 4 is 5.97 Å². The third-order valence-electron chi connectivity index (χ3n) is 3.40. The average Bonchev–Trinajstić information content (AvgIpc) is 2.67. The van der Waals surface area contributed by atoms with Crippen LogP contribution >= 0.6 is 0 Å². The monoisotopic (exact) mass is 254 g/mol. The van der Waals surface area contributed by atoms with Crippen LogP contribution in [-0.2, 0) is 14.3 Å². The molecule has 19 heavy (non-hydrogen) atoms. The lowest BCUT2D eigenvalue weighted by atomic mass is 9.96. The molecule has 1 atom stereocenters. The Labute approximate surface area is 112 Å². The van der Waals surface area contributed by atoms with Crippen molar-refractivity contribution in [1.82, 2.24) is 0 Å². The molecule has 3 heteroatoms. The average molecular weight is 254 g/mol. The molecule has 0 aliphatic carbocycles. The highest BCUT2D eigenvalue weighted by molar-refractivity contribution is 5.97. The zero-order valence-corrected chi connectivity index (χ0v) is 10.7. The van der Waals surface area contributed by atoms with Gasteiger partial charge in [-0.2, -0.15) is 0 Å². The third-order valence-corrected chi connectivity index (χ3v) is 3.40. The van der Waals surface area contributed by atoms with Crippen molar-refractivity contribution in [1.29, 1.82) is 0 Å². The Morgan fingerprint density at radius 1 is 1.21 bits per heavy atom. The minimum absolute atomic E-state index is 0.372. The van der Waals surface area contributed by atoms with E-state index in [0.717, 1.165) is 24.0 Å². The van der Waals surface area contributed by atoms with Gasteiger partial charge < -0.3 is 9.47 Å². The second-order valence-corrected chi connectivity index (χ2v) is 4.76. The van der Waals surface area contributed by atoms with E-state index in [0.29, 0.717) is 12.2 Å². The van der Waals surface area contributed by atoms with Gasteiger partial charge in [0.15, 0.2) is 0 Å². The van der Waals surface area contributed by atoms with Crippen LogP contribution in [0.4, 0.5) is 0 Å². The van der Waals surface area contributed by atoms with Crippen LogP contribution in [0.15, 0.2) is 41.5 Å². The largest absolute Gasteiger partial charge is 0.425 e. The number of hydrogen-bond donors (Lipinski definition) is 0. The molecule has 1 aromatic carbocycles. The van der Waals surface area contributed by atoms with E-state index in [9.17, 15) is 4.79 Å². The van der Waals surface area contributed by atoms with Crippen LogP contribution in [0.5, 0.6) is 0 Å². The summed E-state index contributed by atoms with van der Waals surface area (Å²) in [5, 5.41) is 0. The Hall–Kier alpha value is -2.05. The molecular weight excluding hydrogens is 240 g/mol. The minimum Gasteiger partial charge on any atom is -0.425 e. The van der Waals surface area contributed by atoms with Gasteiger partial charge in [0, 0.05) is 18.1 Å². The van der Waals surface area contributed by atoms with Crippen LogP contribution < -0.4 is 0 Å². The summed E-state index contributed by atoms with van der Waals surface area (Å²) in [5.74, 6) is 4.68. The van der Waals surface area contributed by atoms with E-state index in [-0.39, 0.29) is 5.97 Å². The second kappa shape index (κ2) is 4.56. The van der Waals surface area contributed by atoms with Crippen molar-refractivity contribution in [3.63, 3.8) is 0 Å². The molecular formula is C16H14O3. The van der Waals surface area contributed by atoms with E-state index >= 15 is 0 Å². The minimum atomic E-state index is -0.893. The highest BCUT2D eigenvalue weighted by atomic mass is 16.7. The molecule has 0 radical (unpaired) electrons. The van der Waals surface area contributed by atoms with Crippen LogP contribution in [0, 0.1) is 11.8 Å². The fraction of sp³-hybridized carbons (Fsp3) is 0.312. The summed E-state index contributed by atoms with van der Waals surface area (Å²) in [4.78, 5) is 11.9. The molecule has 0 N–H and O–H groups in total. The standard InChI is InChI=1S/C16H14O3/c1-16-14(8-5-11-18-16)13(15(17)19-16)10-9-12-6-3-2-4-7-12/h2-4,6-7H,5,8,11H2,1H3. The lowest BCUT2D eigenvalue weighted by Gasteiger charge is -2.30. The summed E-state index contributed by atoms with van der Waals surface area (Å²) in [5.41, 5.74) is 2.23. The van der Waals surface area contributed by atoms with Gasteiger partial charge in [-0.05, 0) is 25.0 Å². The van der Waals surface area contributed by atoms with Gasteiger partial charge in [-0.15, -0.1) is 0 Å². The van der Waals surface area contributed by atoms with Gasteiger partial charge in [-0.25, -0.2) is 4.79 Å². The molecule has 0 bridgehead atoms. The summed E-state index contributed by atoms with van der Waals surface area (Å²) in [6.45, 7) is 2.41. The number of fused-ring (bicyclic) bond motifs is 1. The molecule has 2 aliphatic rings. The smallest absolute Gasteiger partial charge is 0.349 e. The third kappa shape index (κ3) is 2.16. The molecule has 1 aromatic rings. The fourth-order valence-corrected chi connectivity index (χ4v) is 2.41. The summed E-state index contributed by atoms with van der Waals surface area (Å²) >= 11 is 0. The molecule has 2 aliphatic heterocycles. The van der Waals surface area contributed by atoms with Crippen molar-refractivity contribution in [2.45, 2.75) is 25.6 Å². The maximum atomic E-state index is 11.9. The molecule has 1 saturated heterocycles. The first-order valence-electron chi connectivity index (χ1n) is 6.37. The first-order chi connectivity index (χ1) is 9.19. The molecule has 96 valence electrons. The predicted octanol–water partition coefficient (Wildman–Crippen LogP) is 2.42. The maximum Gasteiger partial charge on any atom is 0.349 e. The Balaban J connectivity index is 1.98. The SMILES string of the molecule is CC12OCCCC1=C(C#Cc1ccccc1)C(=O)O2. The van der Waals surface area contributed by atoms with Crippen molar-refractivity contribution in [2.75, 3.05) is 6.61 Å². The quantitative estimate of drug-likeness (QED) is 0.527. The zero-order valence-electron chi connectivity index (χ0n) is 10.7. The molecule has 3 rings (SSSR count).